The first kappa shape index (κ1) is 20.5. The van der Waals surface area contributed by atoms with Crippen molar-refractivity contribution in [2.75, 3.05) is 19.6 Å². The van der Waals surface area contributed by atoms with Crippen molar-refractivity contribution in [3.05, 3.63) is 51.0 Å². The number of piperidine rings is 1. The molecule has 0 aliphatic carbocycles. The van der Waals surface area contributed by atoms with E-state index in [1.54, 1.807) is 11.3 Å². The molecule has 1 aromatic heterocycles. The molecule has 3 rings (SSSR count). The number of nitrogens with zero attached hydrogens (tertiary/aromatic N) is 2. The first-order chi connectivity index (χ1) is 13.5. The zero-order valence-corrected chi connectivity index (χ0v) is 17.8. The topological polar surface area (TPSA) is 62.3 Å². The van der Waals surface area contributed by atoms with Crippen molar-refractivity contribution in [1.29, 1.82) is 0 Å². The quantitative estimate of drug-likeness (QED) is 0.803. The van der Waals surface area contributed by atoms with Crippen LogP contribution in [0, 0.1) is 13.8 Å². The van der Waals surface area contributed by atoms with Crippen LogP contribution in [0.4, 0.5) is 0 Å². The number of hydrogen-bond acceptors (Lipinski definition) is 4. The Bertz CT molecular complexity index is 838. The highest BCUT2D eigenvalue weighted by Crippen LogP contribution is 2.31. The van der Waals surface area contributed by atoms with Crippen molar-refractivity contribution in [3.8, 4) is 0 Å². The zero-order chi connectivity index (χ0) is 20.1. The summed E-state index contributed by atoms with van der Waals surface area (Å²) >= 11 is 1.70. The smallest absolute Gasteiger partial charge is 0.253 e. The molecule has 1 N–H and O–H groups in total. The molecule has 1 aliphatic heterocycles. The molecule has 5 nitrogen and oxygen atoms in total. The van der Waals surface area contributed by atoms with Gasteiger partial charge in [-0.15, -0.1) is 11.3 Å². The van der Waals surface area contributed by atoms with Gasteiger partial charge in [0.25, 0.3) is 5.91 Å². The largest absolute Gasteiger partial charge is 0.356 e. The molecular weight excluding hydrogens is 370 g/mol. The summed E-state index contributed by atoms with van der Waals surface area (Å²) in [4.78, 5) is 30.8. The highest BCUT2D eigenvalue weighted by Gasteiger charge is 2.26. The van der Waals surface area contributed by atoms with Gasteiger partial charge in [0, 0.05) is 49.3 Å². The molecule has 1 fully saturated rings. The van der Waals surface area contributed by atoms with Crippen LogP contribution in [0.25, 0.3) is 0 Å². The maximum absolute atomic E-state index is 12.8. The first-order valence-corrected chi connectivity index (χ1v) is 10.9. The normalized spacial score (nSPS) is 14.9. The summed E-state index contributed by atoms with van der Waals surface area (Å²) < 4.78 is 0. The number of carbonyl (C=O) groups is 2. The fourth-order valence-corrected chi connectivity index (χ4v) is 4.49. The first-order valence-electron chi connectivity index (χ1n) is 10.1. The number of amides is 2. The Kier molecular flexibility index (Phi) is 6.83. The Morgan fingerprint density at radius 3 is 2.64 bits per heavy atom. The molecule has 1 saturated heterocycles. The second-order valence-corrected chi connectivity index (χ2v) is 8.39. The summed E-state index contributed by atoms with van der Waals surface area (Å²) in [5.41, 5.74) is 4.20. The average Bonchev–Trinajstić information content (AvgIpc) is 3.18. The van der Waals surface area contributed by atoms with Gasteiger partial charge in [-0.05, 0) is 49.9 Å². The molecule has 1 aliphatic rings. The summed E-state index contributed by atoms with van der Waals surface area (Å²) in [5, 5.41) is 6.15. The van der Waals surface area contributed by atoms with Crippen molar-refractivity contribution in [3.63, 3.8) is 0 Å². The van der Waals surface area contributed by atoms with Crippen LogP contribution in [0.15, 0.2) is 23.6 Å². The Labute approximate surface area is 171 Å². The van der Waals surface area contributed by atoms with E-state index in [9.17, 15) is 9.59 Å². The minimum Gasteiger partial charge on any atom is -0.356 e. The Balaban J connectivity index is 1.52. The lowest BCUT2D eigenvalue weighted by Gasteiger charge is -2.31. The molecule has 2 heterocycles. The molecule has 0 radical (unpaired) electrons. The molecular formula is C22H29N3O2S. The number of rotatable bonds is 6. The van der Waals surface area contributed by atoms with Crippen LogP contribution < -0.4 is 5.32 Å². The number of carbonyl (C=O) groups excluding carboxylic acids is 2. The molecule has 0 atom stereocenters. The lowest BCUT2D eigenvalue weighted by atomic mass is 9.96. The van der Waals surface area contributed by atoms with E-state index in [4.69, 9.17) is 4.98 Å². The molecule has 150 valence electrons. The molecule has 0 bridgehead atoms. The van der Waals surface area contributed by atoms with Crippen molar-refractivity contribution in [2.24, 2.45) is 0 Å². The fourth-order valence-electron chi connectivity index (χ4n) is 3.47. The lowest BCUT2D eigenvalue weighted by Crippen LogP contribution is -2.38. The summed E-state index contributed by atoms with van der Waals surface area (Å²) in [6, 6.07) is 5.95. The molecule has 6 heteroatoms. The standard InChI is InChI=1S/C22H29N3O2S/c1-4-20(26)23-10-7-19-14-28-21(24-19)17-8-11-25(12-9-17)22(27)18-6-5-15(2)16(3)13-18/h5-6,13-14,17H,4,7-12H2,1-3H3,(H,23,26). The predicted octanol–water partition coefficient (Wildman–Crippen LogP) is 3.85. The molecule has 2 amide bonds. The molecule has 0 saturated carbocycles. The second kappa shape index (κ2) is 9.32. The molecule has 2 aromatic rings. The van der Waals surface area contributed by atoms with Gasteiger partial charge in [0.2, 0.25) is 5.91 Å². The molecule has 1 aromatic carbocycles. The van der Waals surface area contributed by atoms with Crippen molar-refractivity contribution in [2.45, 2.75) is 52.4 Å². The third-order valence-electron chi connectivity index (χ3n) is 5.48. The monoisotopic (exact) mass is 399 g/mol. The summed E-state index contributed by atoms with van der Waals surface area (Å²) in [6.45, 7) is 8.16. The highest BCUT2D eigenvalue weighted by molar-refractivity contribution is 7.09. The number of benzene rings is 1. The maximum Gasteiger partial charge on any atom is 0.253 e. The summed E-state index contributed by atoms with van der Waals surface area (Å²) in [7, 11) is 0. The minimum absolute atomic E-state index is 0.0799. The fraction of sp³-hybridized carbons (Fsp3) is 0.500. The number of thiazole rings is 1. The SMILES string of the molecule is CCC(=O)NCCc1csc(C2CCN(C(=O)c3ccc(C)c(C)c3)CC2)n1. The van der Waals surface area contributed by atoms with E-state index in [0.29, 0.717) is 18.9 Å². The van der Waals surface area contributed by atoms with Crippen LogP contribution in [-0.4, -0.2) is 41.3 Å². The summed E-state index contributed by atoms with van der Waals surface area (Å²) in [5.74, 6) is 0.636. The van der Waals surface area contributed by atoms with Gasteiger partial charge >= 0.3 is 0 Å². The van der Waals surface area contributed by atoms with Crippen LogP contribution >= 0.6 is 11.3 Å². The predicted molar refractivity (Wildman–Crippen MR) is 113 cm³/mol. The van der Waals surface area contributed by atoms with Gasteiger partial charge in [0.15, 0.2) is 0 Å². The van der Waals surface area contributed by atoms with Crippen LogP contribution in [0.1, 0.15) is 64.3 Å². The van der Waals surface area contributed by atoms with E-state index in [0.717, 1.165) is 54.2 Å². The van der Waals surface area contributed by atoms with Crippen LogP contribution in [-0.2, 0) is 11.2 Å². The molecule has 0 unspecified atom stereocenters. The van der Waals surface area contributed by atoms with Gasteiger partial charge < -0.3 is 10.2 Å². The maximum atomic E-state index is 12.8. The van der Waals surface area contributed by atoms with Gasteiger partial charge in [-0.2, -0.15) is 0 Å². The van der Waals surface area contributed by atoms with Gasteiger partial charge in [0.1, 0.15) is 0 Å². The number of likely N-dealkylation sites (tertiary alicyclic amines) is 1. The van der Waals surface area contributed by atoms with Crippen LogP contribution in [0.5, 0.6) is 0 Å². The average molecular weight is 400 g/mol. The highest BCUT2D eigenvalue weighted by atomic mass is 32.1. The summed E-state index contributed by atoms with van der Waals surface area (Å²) in [6.07, 6.45) is 3.19. The van der Waals surface area contributed by atoms with Gasteiger partial charge in [-0.25, -0.2) is 4.98 Å². The van der Waals surface area contributed by atoms with E-state index in [1.165, 1.54) is 5.56 Å². The number of aryl methyl sites for hydroxylation is 2. The molecule has 0 spiro atoms. The molecule has 28 heavy (non-hydrogen) atoms. The van der Waals surface area contributed by atoms with Gasteiger partial charge in [-0.1, -0.05) is 13.0 Å². The number of aromatic nitrogens is 1. The van der Waals surface area contributed by atoms with Crippen LogP contribution in [0.2, 0.25) is 0 Å². The van der Waals surface area contributed by atoms with E-state index >= 15 is 0 Å². The third-order valence-corrected chi connectivity index (χ3v) is 6.54. The lowest BCUT2D eigenvalue weighted by molar-refractivity contribution is -0.120. The Hall–Kier alpha value is -2.21. The minimum atomic E-state index is 0.0799. The third kappa shape index (κ3) is 4.98. The zero-order valence-electron chi connectivity index (χ0n) is 17.0. The van der Waals surface area contributed by atoms with Crippen LogP contribution in [0.3, 0.4) is 0 Å². The Morgan fingerprint density at radius 2 is 1.96 bits per heavy atom. The van der Waals surface area contributed by atoms with E-state index < -0.39 is 0 Å². The van der Waals surface area contributed by atoms with Gasteiger partial charge in [-0.3, -0.25) is 9.59 Å². The van der Waals surface area contributed by atoms with Gasteiger partial charge in [0.05, 0.1) is 10.7 Å². The van der Waals surface area contributed by atoms with Crippen molar-refractivity contribution < 1.29 is 9.59 Å². The number of nitrogens with one attached hydrogen (secondary N) is 1. The number of hydrogen-bond donors (Lipinski definition) is 1. The van der Waals surface area contributed by atoms with Crippen molar-refractivity contribution >= 4 is 23.2 Å². The van der Waals surface area contributed by atoms with E-state index in [1.807, 2.05) is 36.9 Å². The Morgan fingerprint density at radius 1 is 1.21 bits per heavy atom. The second-order valence-electron chi connectivity index (χ2n) is 7.50. The van der Waals surface area contributed by atoms with Crippen molar-refractivity contribution in [1.82, 2.24) is 15.2 Å². The van der Waals surface area contributed by atoms with E-state index in [-0.39, 0.29) is 11.8 Å². The van der Waals surface area contributed by atoms with E-state index in [2.05, 4.69) is 17.6 Å².